The number of ether oxygens (including phenoxy) is 2. The van der Waals surface area contributed by atoms with Gasteiger partial charge >= 0.3 is 5.97 Å². The van der Waals surface area contributed by atoms with Gasteiger partial charge < -0.3 is 40.3 Å². The number of benzene rings is 1. The van der Waals surface area contributed by atoms with Crippen LogP contribution in [0.25, 0.3) is 0 Å². The summed E-state index contributed by atoms with van der Waals surface area (Å²) in [5.74, 6) is -3.28. The van der Waals surface area contributed by atoms with E-state index >= 15 is 0 Å². The number of likely N-dealkylation sites (N-methyl/N-ethyl adjacent to an activating group) is 2. The Balaban J connectivity index is 2.24. The van der Waals surface area contributed by atoms with Gasteiger partial charge in [0, 0.05) is 40.8 Å². The molecule has 300 valence electrons. The summed E-state index contributed by atoms with van der Waals surface area (Å²) in [5.41, 5.74) is 0.787. The molecular formula is C40H67N5O8. The van der Waals surface area contributed by atoms with Gasteiger partial charge in [0.2, 0.25) is 23.6 Å². The van der Waals surface area contributed by atoms with Crippen molar-refractivity contribution in [1.29, 1.82) is 0 Å². The van der Waals surface area contributed by atoms with E-state index in [1.807, 2.05) is 71.9 Å². The van der Waals surface area contributed by atoms with Gasteiger partial charge in [0.1, 0.15) is 6.04 Å². The molecule has 1 aromatic rings. The molecule has 1 aromatic carbocycles. The van der Waals surface area contributed by atoms with Crippen molar-refractivity contribution in [3.63, 3.8) is 0 Å². The fraction of sp³-hybridized carbons (Fsp3) is 0.725. The Kier molecular flexibility index (Phi) is 18.9. The Labute approximate surface area is 317 Å². The third kappa shape index (κ3) is 12.5. The number of hydrogen-bond acceptors (Lipinski definition) is 8. The summed E-state index contributed by atoms with van der Waals surface area (Å²) in [6.45, 7) is 14.3. The quantitative estimate of drug-likeness (QED) is 0.139. The molecule has 0 saturated carbocycles. The first-order valence-corrected chi connectivity index (χ1v) is 19.2. The number of nitrogens with zero attached hydrogens (tertiary/aromatic N) is 2. The van der Waals surface area contributed by atoms with Crippen LogP contribution in [0.1, 0.15) is 79.7 Å². The Morgan fingerprint density at radius 3 is 2.11 bits per heavy atom. The van der Waals surface area contributed by atoms with E-state index in [9.17, 15) is 29.1 Å². The molecule has 13 heteroatoms. The second-order valence-corrected chi connectivity index (χ2v) is 15.3. The van der Waals surface area contributed by atoms with E-state index in [1.54, 1.807) is 37.9 Å². The van der Waals surface area contributed by atoms with E-state index < -0.39 is 54.0 Å². The Morgan fingerprint density at radius 1 is 0.962 bits per heavy atom. The van der Waals surface area contributed by atoms with Crippen molar-refractivity contribution < 1.29 is 38.6 Å². The molecule has 0 aromatic heterocycles. The van der Waals surface area contributed by atoms with Crippen LogP contribution in [-0.4, -0.2) is 122 Å². The fourth-order valence-corrected chi connectivity index (χ4v) is 7.62. The van der Waals surface area contributed by atoms with Crippen molar-refractivity contribution in [3.8, 4) is 0 Å². The van der Waals surface area contributed by atoms with Gasteiger partial charge in [-0.15, -0.1) is 0 Å². The highest BCUT2D eigenvalue weighted by Crippen LogP contribution is 2.30. The van der Waals surface area contributed by atoms with Gasteiger partial charge in [-0.3, -0.25) is 19.2 Å². The number of carboxylic acid groups (broad SMARTS) is 1. The van der Waals surface area contributed by atoms with Gasteiger partial charge in [0.15, 0.2) is 0 Å². The highest BCUT2D eigenvalue weighted by Gasteiger charge is 2.43. The number of aliphatic carboxylic acids is 1. The Morgan fingerprint density at radius 2 is 1.60 bits per heavy atom. The minimum Gasteiger partial charge on any atom is -0.480 e. The molecule has 1 saturated heterocycles. The van der Waals surface area contributed by atoms with Crippen LogP contribution in [0.3, 0.4) is 0 Å². The van der Waals surface area contributed by atoms with E-state index in [0.717, 1.165) is 12.0 Å². The molecule has 0 unspecified atom stereocenters. The molecule has 0 radical (unpaired) electrons. The lowest BCUT2D eigenvalue weighted by molar-refractivity contribution is -0.148. The molecule has 4 N–H and O–H groups in total. The summed E-state index contributed by atoms with van der Waals surface area (Å²) < 4.78 is 11.9. The second-order valence-electron chi connectivity index (χ2n) is 15.3. The van der Waals surface area contributed by atoms with Gasteiger partial charge in [0.25, 0.3) is 0 Å². The third-order valence-corrected chi connectivity index (χ3v) is 11.0. The van der Waals surface area contributed by atoms with E-state index in [2.05, 4.69) is 16.0 Å². The molecule has 0 spiro atoms. The predicted molar refractivity (Wildman–Crippen MR) is 205 cm³/mol. The molecule has 0 aliphatic carbocycles. The Bertz CT molecular complexity index is 1330. The molecule has 13 nitrogen and oxygen atoms in total. The van der Waals surface area contributed by atoms with Crippen LogP contribution in [0, 0.1) is 29.6 Å². The minimum atomic E-state index is -1.14. The van der Waals surface area contributed by atoms with E-state index in [-0.39, 0.29) is 60.9 Å². The van der Waals surface area contributed by atoms with Crippen molar-refractivity contribution in [3.05, 3.63) is 35.9 Å². The molecule has 2 rings (SSSR count). The van der Waals surface area contributed by atoms with Crippen LogP contribution in [0.5, 0.6) is 0 Å². The van der Waals surface area contributed by atoms with Gasteiger partial charge in [-0.2, -0.15) is 0 Å². The lowest BCUT2D eigenvalue weighted by atomic mass is 9.87. The molecule has 1 aliphatic heterocycles. The molecular weight excluding hydrogens is 678 g/mol. The van der Waals surface area contributed by atoms with E-state index in [0.29, 0.717) is 19.4 Å². The maximum atomic E-state index is 14.2. The molecule has 1 fully saturated rings. The van der Waals surface area contributed by atoms with E-state index in [1.165, 1.54) is 7.11 Å². The smallest absolute Gasteiger partial charge is 0.326 e. The molecule has 1 aliphatic rings. The summed E-state index contributed by atoms with van der Waals surface area (Å²) in [4.78, 5) is 70.2. The van der Waals surface area contributed by atoms with Crippen molar-refractivity contribution in [2.45, 2.75) is 117 Å². The van der Waals surface area contributed by atoms with Crippen molar-refractivity contribution in [2.24, 2.45) is 29.6 Å². The van der Waals surface area contributed by atoms with Crippen LogP contribution < -0.4 is 16.0 Å². The van der Waals surface area contributed by atoms with E-state index in [4.69, 9.17) is 9.47 Å². The minimum absolute atomic E-state index is 0.0100. The summed E-state index contributed by atoms with van der Waals surface area (Å²) in [7, 11) is 6.55. The van der Waals surface area contributed by atoms with Crippen LogP contribution in [0.4, 0.5) is 0 Å². The van der Waals surface area contributed by atoms with Crippen LogP contribution in [0.15, 0.2) is 30.3 Å². The zero-order valence-electron chi connectivity index (χ0n) is 33.9. The lowest BCUT2D eigenvalue weighted by Gasteiger charge is -2.41. The first-order chi connectivity index (χ1) is 25.0. The van der Waals surface area contributed by atoms with Crippen molar-refractivity contribution >= 4 is 29.6 Å². The normalized spacial score (nSPS) is 19.1. The summed E-state index contributed by atoms with van der Waals surface area (Å²) in [6.07, 6.45) is 0.915. The van der Waals surface area contributed by atoms with Crippen LogP contribution >= 0.6 is 0 Å². The molecule has 0 bridgehead atoms. The lowest BCUT2D eigenvalue weighted by Crippen LogP contribution is -2.55. The monoisotopic (exact) mass is 745 g/mol. The number of carbonyl (C=O) groups is 5. The average molecular weight is 746 g/mol. The highest BCUT2D eigenvalue weighted by molar-refractivity contribution is 5.86. The van der Waals surface area contributed by atoms with Gasteiger partial charge in [0.05, 0.1) is 48.6 Å². The number of rotatable bonds is 22. The fourth-order valence-electron chi connectivity index (χ4n) is 7.62. The highest BCUT2D eigenvalue weighted by atomic mass is 16.5. The molecule has 1 heterocycles. The second kappa shape index (κ2) is 22.0. The number of likely N-dealkylation sites (tertiary alicyclic amines) is 1. The first-order valence-electron chi connectivity index (χ1n) is 19.2. The predicted octanol–water partition coefficient (Wildman–Crippen LogP) is 3.35. The van der Waals surface area contributed by atoms with Gasteiger partial charge in [-0.05, 0) is 43.2 Å². The SMILES string of the molecule is CC[C@H](C)[C@@H]([C@@H](CC(=O)N1CCC[C@H]1[C@H](OC)[C@@H](C)C(=O)N[C@@H](Cc1ccccc1)C(=O)O)OC)N(C)C(=O)[C@@H](CNC(=O)[C@@H](NC)C(C)C)C(C)C. The van der Waals surface area contributed by atoms with Crippen molar-refractivity contribution in [2.75, 3.05) is 41.4 Å². The van der Waals surface area contributed by atoms with Gasteiger partial charge in [-0.1, -0.05) is 85.2 Å². The standard InChI is InChI=1S/C40H67N5O8/c1-12-26(6)35(44(9)39(49)29(24(2)3)23-42-38(48)34(41-8)25(4)5)32(52-10)22-33(46)45-20-16-19-31(45)36(53-11)27(7)37(47)43-30(40(50)51)21-28-17-14-13-15-18-28/h13-15,17-18,24-27,29-32,34-36,41H,12,16,19-23H2,1-11H3,(H,42,48)(H,43,47)(H,50,51)/t26-,27+,29-,30-,31-,32+,34-,35-,36+/m0/s1. The number of carboxylic acids is 1. The molecule has 9 atom stereocenters. The number of nitrogens with one attached hydrogen (secondary N) is 3. The zero-order valence-corrected chi connectivity index (χ0v) is 33.9. The van der Waals surface area contributed by atoms with Crippen LogP contribution in [-0.2, 0) is 39.9 Å². The molecule has 4 amide bonds. The number of amides is 4. The van der Waals surface area contributed by atoms with Crippen LogP contribution in [0.2, 0.25) is 0 Å². The maximum Gasteiger partial charge on any atom is 0.326 e. The average Bonchev–Trinajstić information content (AvgIpc) is 3.61. The topological polar surface area (TPSA) is 167 Å². The van der Waals surface area contributed by atoms with Gasteiger partial charge in [-0.25, -0.2) is 4.79 Å². The third-order valence-electron chi connectivity index (χ3n) is 11.0. The largest absolute Gasteiger partial charge is 0.480 e. The maximum absolute atomic E-state index is 14.2. The summed E-state index contributed by atoms with van der Waals surface area (Å²) in [6, 6.07) is 6.77. The number of methoxy groups -OCH3 is 2. The molecule has 53 heavy (non-hydrogen) atoms. The number of hydrogen-bond donors (Lipinski definition) is 4. The number of carbonyl (C=O) groups excluding carboxylic acids is 4. The zero-order chi connectivity index (χ0) is 40.0. The summed E-state index contributed by atoms with van der Waals surface area (Å²) in [5, 5.41) is 18.6. The van der Waals surface area contributed by atoms with Crippen molar-refractivity contribution in [1.82, 2.24) is 25.8 Å². The first kappa shape index (κ1) is 45.6. The summed E-state index contributed by atoms with van der Waals surface area (Å²) >= 11 is 0. The Hall–Kier alpha value is -3.55.